The summed E-state index contributed by atoms with van der Waals surface area (Å²) in [6.45, 7) is 3.02. The van der Waals surface area contributed by atoms with Crippen molar-refractivity contribution < 1.29 is 9.13 Å². The Bertz CT molecular complexity index is 950. The van der Waals surface area contributed by atoms with Crippen LogP contribution >= 0.6 is 12.2 Å². The van der Waals surface area contributed by atoms with Gasteiger partial charge in [0, 0.05) is 25.5 Å². The molecule has 0 aliphatic rings. The number of anilines is 1. The van der Waals surface area contributed by atoms with Crippen LogP contribution in [0.4, 0.5) is 10.1 Å². The molecule has 0 amide bonds. The fourth-order valence-corrected chi connectivity index (χ4v) is 3.12. The highest BCUT2D eigenvalue weighted by atomic mass is 32.1. The molecule has 1 heterocycles. The van der Waals surface area contributed by atoms with Gasteiger partial charge in [-0.15, -0.1) is 0 Å². The molecule has 2 aromatic carbocycles. The monoisotopic (exact) mass is 395 g/mol. The van der Waals surface area contributed by atoms with Crippen molar-refractivity contribution in [2.75, 3.05) is 12.4 Å². The molecule has 0 fully saturated rings. The van der Waals surface area contributed by atoms with Gasteiger partial charge in [0.05, 0.1) is 12.8 Å². The lowest BCUT2D eigenvalue weighted by Crippen LogP contribution is -2.34. The Balaban J connectivity index is 1.84. The van der Waals surface area contributed by atoms with Crippen molar-refractivity contribution in [2.45, 2.75) is 20.0 Å². The third-order valence-electron chi connectivity index (χ3n) is 4.24. The maximum absolute atomic E-state index is 13.6. The number of hydrogen-bond acceptors (Lipinski definition) is 3. The zero-order valence-corrected chi connectivity index (χ0v) is 16.7. The average Bonchev–Trinajstić information content (AvgIpc) is 2.68. The summed E-state index contributed by atoms with van der Waals surface area (Å²) in [6, 6.07) is 16.3. The van der Waals surface area contributed by atoms with Gasteiger partial charge in [-0.2, -0.15) is 0 Å². The predicted octanol–water partition coefficient (Wildman–Crippen LogP) is 4.94. The molecule has 144 valence electrons. The van der Waals surface area contributed by atoms with Gasteiger partial charge in [-0.25, -0.2) is 4.39 Å². The number of methoxy groups -OCH3 is 1. The first-order chi connectivity index (χ1) is 13.5. The Labute approximate surface area is 170 Å². The minimum absolute atomic E-state index is 0.266. The quantitative estimate of drug-likeness (QED) is 0.599. The molecule has 1 aromatic heterocycles. The van der Waals surface area contributed by atoms with E-state index < -0.39 is 0 Å². The van der Waals surface area contributed by atoms with Crippen molar-refractivity contribution >= 4 is 23.0 Å². The molecular weight excluding hydrogens is 373 g/mol. The maximum Gasteiger partial charge on any atom is 0.174 e. The van der Waals surface area contributed by atoms with E-state index in [0.29, 0.717) is 24.0 Å². The Morgan fingerprint density at radius 2 is 1.89 bits per heavy atom. The number of aryl methyl sites for hydroxylation is 1. The molecule has 0 aliphatic carbocycles. The molecule has 0 unspecified atom stereocenters. The smallest absolute Gasteiger partial charge is 0.174 e. The number of pyridine rings is 1. The summed E-state index contributed by atoms with van der Waals surface area (Å²) in [7, 11) is 1.62. The van der Waals surface area contributed by atoms with Gasteiger partial charge >= 0.3 is 0 Å². The van der Waals surface area contributed by atoms with Gasteiger partial charge in [-0.3, -0.25) is 4.98 Å². The largest absolute Gasteiger partial charge is 0.495 e. The normalized spacial score (nSPS) is 10.4. The molecule has 6 heteroatoms. The molecule has 3 rings (SSSR count). The van der Waals surface area contributed by atoms with Crippen LogP contribution in [0.5, 0.6) is 5.75 Å². The predicted molar refractivity (Wildman–Crippen MR) is 114 cm³/mol. The molecule has 3 aromatic rings. The lowest BCUT2D eigenvalue weighted by molar-refractivity contribution is 0.408. The van der Waals surface area contributed by atoms with Gasteiger partial charge in [-0.1, -0.05) is 24.3 Å². The number of rotatable bonds is 6. The molecule has 0 saturated heterocycles. The van der Waals surface area contributed by atoms with Gasteiger partial charge < -0.3 is 15.0 Å². The summed E-state index contributed by atoms with van der Waals surface area (Å²) in [6.07, 6.45) is 3.53. The third-order valence-corrected chi connectivity index (χ3v) is 4.60. The van der Waals surface area contributed by atoms with E-state index in [4.69, 9.17) is 17.0 Å². The van der Waals surface area contributed by atoms with Crippen LogP contribution < -0.4 is 10.1 Å². The first-order valence-corrected chi connectivity index (χ1v) is 9.30. The number of ether oxygens (including phenoxy) is 1. The number of nitrogens with one attached hydrogen (secondary N) is 1. The average molecular weight is 396 g/mol. The first-order valence-electron chi connectivity index (χ1n) is 8.89. The summed E-state index contributed by atoms with van der Waals surface area (Å²) in [5.74, 6) is 0.443. The molecule has 0 bridgehead atoms. The minimum Gasteiger partial charge on any atom is -0.495 e. The lowest BCUT2D eigenvalue weighted by atomic mass is 10.2. The lowest BCUT2D eigenvalue weighted by Gasteiger charge is -2.27. The summed E-state index contributed by atoms with van der Waals surface area (Å²) in [5, 5.41) is 3.80. The summed E-state index contributed by atoms with van der Waals surface area (Å²) < 4.78 is 19.1. The first kappa shape index (κ1) is 19.8. The van der Waals surface area contributed by atoms with Gasteiger partial charge in [0.1, 0.15) is 11.6 Å². The Kier molecular flexibility index (Phi) is 6.55. The van der Waals surface area contributed by atoms with E-state index in [1.165, 1.54) is 12.1 Å². The van der Waals surface area contributed by atoms with Crippen LogP contribution in [0.2, 0.25) is 0 Å². The van der Waals surface area contributed by atoms with Crippen molar-refractivity contribution in [3.63, 3.8) is 0 Å². The zero-order chi connectivity index (χ0) is 19.9. The molecular formula is C22H22FN3OS. The number of nitrogens with zero attached hydrogens (tertiary/aromatic N) is 2. The van der Waals surface area contributed by atoms with E-state index in [9.17, 15) is 4.39 Å². The van der Waals surface area contributed by atoms with E-state index in [1.54, 1.807) is 25.6 Å². The summed E-state index contributed by atoms with van der Waals surface area (Å²) in [5.41, 5.74) is 3.74. The fourth-order valence-electron chi connectivity index (χ4n) is 2.88. The van der Waals surface area contributed by atoms with E-state index in [0.717, 1.165) is 22.4 Å². The van der Waals surface area contributed by atoms with Gasteiger partial charge in [0.25, 0.3) is 0 Å². The fraction of sp³-hybridized carbons (Fsp3) is 0.182. The second-order valence-electron chi connectivity index (χ2n) is 6.48. The number of thiocarbonyl (C=S) groups is 1. The van der Waals surface area contributed by atoms with Crippen LogP contribution in [0.25, 0.3) is 0 Å². The highest BCUT2D eigenvalue weighted by molar-refractivity contribution is 7.80. The molecule has 0 radical (unpaired) electrons. The van der Waals surface area contributed by atoms with E-state index in [1.807, 2.05) is 48.2 Å². The van der Waals surface area contributed by atoms with Crippen LogP contribution in [0.1, 0.15) is 16.7 Å². The number of benzene rings is 2. The third kappa shape index (κ3) is 5.27. The second kappa shape index (κ2) is 9.28. The number of halogens is 1. The summed E-state index contributed by atoms with van der Waals surface area (Å²) in [4.78, 5) is 6.15. The van der Waals surface area contributed by atoms with Gasteiger partial charge in [0.15, 0.2) is 5.11 Å². The van der Waals surface area contributed by atoms with Crippen molar-refractivity contribution in [3.8, 4) is 5.75 Å². The van der Waals surface area contributed by atoms with Crippen molar-refractivity contribution in [2.24, 2.45) is 0 Å². The Hall–Kier alpha value is -2.99. The molecule has 28 heavy (non-hydrogen) atoms. The number of aromatic nitrogens is 1. The maximum atomic E-state index is 13.6. The Morgan fingerprint density at radius 1 is 1.11 bits per heavy atom. The van der Waals surface area contributed by atoms with E-state index in [2.05, 4.69) is 10.3 Å². The van der Waals surface area contributed by atoms with Crippen molar-refractivity contribution in [3.05, 3.63) is 89.5 Å². The highest BCUT2D eigenvalue weighted by Crippen LogP contribution is 2.26. The van der Waals surface area contributed by atoms with Crippen LogP contribution in [0.15, 0.2) is 67.0 Å². The van der Waals surface area contributed by atoms with Crippen LogP contribution in [0.3, 0.4) is 0 Å². The van der Waals surface area contributed by atoms with E-state index in [-0.39, 0.29) is 5.82 Å². The van der Waals surface area contributed by atoms with E-state index >= 15 is 0 Å². The van der Waals surface area contributed by atoms with Crippen LogP contribution in [-0.2, 0) is 13.1 Å². The van der Waals surface area contributed by atoms with Crippen molar-refractivity contribution in [1.82, 2.24) is 9.88 Å². The Morgan fingerprint density at radius 3 is 2.61 bits per heavy atom. The molecule has 0 spiro atoms. The van der Waals surface area contributed by atoms with Gasteiger partial charge in [0.2, 0.25) is 0 Å². The SMILES string of the molecule is COc1ccc(C)cc1NC(=S)N(Cc1cccnc1)Cc1cccc(F)c1. The number of hydrogen-bond donors (Lipinski definition) is 1. The standard InChI is InChI=1S/C22H22FN3OS/c1-16-8-9-21(27-2)20(11-16)25-22(28)26(15-18-6-4-10-24-13-18)14-17-5-3-7-19(23)12-17/h3-13H,14-15H2,1-2H3,(H,25,28). The topological polar surface area (TPSA) is 37.4 Å². The molecule has 0 atom stereocenters. The van der Waals surface area contributed by atoms with Crippen molar-refractivity contribution in [1.29, 1.82) is 0 Å². The highest BCUT2D eigenvalue weighted by Gasteiger charge is 2.14. The van der Waals surface area contributed by atoms with Crippen LogP contribution in [-0.4, -0.2) is 22.1 Å². The summed E-state index contributed by atoms with van der Waals surface area (Å²) >= 11 is 5.68. The second-order valence-corrected chi connectivity index (χ2v) is 6.87. The minimum atomic E-state index is -0.266. The van der Waals surface area contributed by atoms with Crippen LogP contribution in [0, 0.1) is 12.7 Å². The molecule has 1 N–H and O–H groups in total. The molecule has 0 aliphatic heterocycles. The van der Waals surface area contributed by atoms with Gasteiger partial charge in [-0.05, 0) is 66.2 Å². The zero-order valence-electron chi connectivity index (χ0n) is 15.9. The molecule has 4 nitrogen and oxygen atoms in total. The molecule has 0 saturated carbocycles.